The molecule has 2 saturated carbocycles. The second-order valence-corrected chi connectivity index (χ2v) is 19.0. The van der Waals surface area contributed by atoms with Crippen LogP contribution in [0.1, 0.15) is 97.0 Å². The molecular weight excluding hydrogens is 829 g/mol. The van der Waals surface area contributed by atoms with Crippen LogP contribution in [0.2, 0.25) is 0 Å². The molecule has 0 spiro atoms. The van der Waals surface area contributed by atoms with Gasteiger partial charge in [0.25, 0.3) is 0 Å². The van der Waals surface area contributed by atoms with E-state index in [1.165, 1.54) is 14.2 Å². The molecule has 4 N–H and O–H groups in total. The molecule has 8 atom stereocenters. The molecule has 4 heterocycles. The number of rotatable bonds is 16. The van der Waals surface area contributed by atoms with Crippen LogP contribution in [0, 0.1) is 29.1 Å². The number of aromatic amines is 2. The molecule has 346 valence electrons. The van der Waals surface area contributed by atoms with Gasteiger partial charge in [-0.2, -0.15) is 0 Å². The van der Waals surface area contributed by atoms with Gasteiger partial charge in [-0.05, 0) is 67.2 Å². The highest BCUT2D eigenvalue weighted by Crippen LogP contribution is 2.54. The summed E-state index contributed by atoms with van der Waals surface area (Å²) < 4.78 is 22.7. The molecule has 2 aromatic carbocycles. The first-order valence-electron chi connectivity index (χ1n) is 22.7. The lowest BCUT2D eigenvalue weighted by atomic mass is 9.87. The topological polar surface area (TPSA) is 193 Å². The average molecular weight is 891 g/mol. The van der Waals surface area contributed by atoms with Gasteiger partial charge in [0.05, 0.1) is 50.6 Å². The standard InChI is InChI=1S/C49H62N8O8/c1-12-32-26(7)43(32)56(45(58)41(24(3)4)54-47(60)62-10)21-38-50-19-33(52-38)28-14-30-22-65-36-17-29(15-31-23-64-35(16-28)39(30)40(31)36)34-20-51-44(53-34)27(8)57(37-18-49(37,9)13-2)46(59)42(25(5)6)55-48(61)63-11/h12,14-17,19-20,24-27,32,37,41-43H,1,13,18,21-23H2,2-11H3,(H,50,52)(H,51,53)(H,54,60)(H,55,61)/t26-,27+,32+,37+,41+,42+,43-,49+/m1/s1. The number of hydrogen-bond donors (Lipinski definition) is 4. The number of benzene rings is 2. The minimum Gasteiger partial charge on any atom is -0.488 e. The van der Waals surface area contributed by atoms with Crippen LogP contribution in [0.4, 0.5) is 9.59 Å². The van der Waals surface area contributed by atoms with E-state index >= 15 is 0 Å². The normalized spacial score (nSPS) is 22.3. The number of carbonyl (C=O) groups is 4. The lowest BCUT2D eigenvalue weighted by Crippen LogP contribution is -2.53. The molecule has 8 rings (SSSR count). The highest BCUT2D eigenvalue weighted by Gasteiger charge is 2.56. The largest absolute Gasteiger partial charge is 0.488 e. The van der Waals surface area contributed by atoms with Gasteiger partial charge in [0.2, 0.25) is 11.8 Å². The van der Waals surface area contributed by atoms with Crippen molar-refractivity contribution in [1.82, 2.24) is 40.4 Å². The van der Waals surface area contributed by atoms with Gasteiger partial charge < -0.3 is 49.3 Å². The van der Waals surface area contributed by atoms with Gasteiger partial charge >= 0.3 is 12.2 Å². The molecule has 2 fully saturated rings. The van der Waals surface area contributed by atoms with Crippen LogP contribution in [-0.2, 0) is 38.8 Å². The van der Waals surface area contributed by atoms with Crippen molar-refractivity contribution in [2.75, 3.05) is 14.2 Å². The summed E-state index contributed by atoms with van der Waals surface area (Å²) in [6.07, 6.45) is 5.93. The van der Waals surface area contributed by atoms with E-state index in [-0.39, 0.29) is 59.5 Å². The molecule has 4 aromatic rings. The summed E-state index contributed by atoms with van der Waals surface area (Å²) in [5.41, 5.74) is 7.21. The minimum atomic E-state index is -0.773. The van der Waals surface area contributed by atoms with Gasteiger partial charge in [-0.15, -0.1) is 6.58 Å². The molecule has 16 heteroatoms. The van der Waals surface area contributed by atoms with Crippen molar-refractivity contribution in [3.05, 3.63) is 72.1 Å². The lowest BCUT2D eigenvalue weighted by molar-refractivity contribution is -0.138. The Kier molecular flexibility index (Phi) is 12.2. The van der Waals surface area contributed by atoms with Crippen molar-refractivity contribution >= 4 is 24.0 Å². The number of nitrogens with zero attached hydrogens (tertiary/aromatic N) is 4. The van der Waals surface area contributed by atoms with E-state index in [2.05, 4.69) is 60.1 Å². The molecule has 4 aliphatic rings. The Morgan fingerprint density at radius 1 is 0.862 bits per heavy atom. The van der Waals surface area contributed by atoms with Crippen molar-refractivity contribution in [2.45, 2.75) is 118 Å². The van der Waals surface area contributed by atoms with E-state index in [9.17, 15) is 19.2 Å². The third kappa shape index (κ3) is 8.43. The number of alkyl carbamates (subject to hydrolysis) is 2. The molecular formula is C49H62N8O8. The Bertz CT molecular complexity index is 2460. The maximum Gasteiger partial charge on any atom is 0.407 e. The number of nitrogens with one attached hydrogen (secondary N) is 4. The molecule has 0 unspecified atom stereocenters. The number of aromatic nitrogens is 4. The smallest absolute Gasteiger partial charge is 0.407 e. The van der Waals surface area contributed by atoms with Crippen LogP contribution < -0.4 is 20.1 Å². The quantitative estimate of drug-likeness (QED) is 0.0804. The Labute approximate surface area is 380 Å². The van der Waals surface area contributed by atoms with Gasteiger partial charge in [0, 0.05) is 51.4 Å². The molecule has 0 saturated heterocycles. The first-order valence-corrected chi connectivity index (χ1v) is 22.7. The SMILES string of the molecule is C=C[C@H]1[C@@H](C)[C@H]1N(Cc1ncc(-c2cc3c4c(c2)OCc2cc(-c5cnc([C@H](C)N(C(=O)[C@@H](NC(=O)OC)C(C)C)[C@H]6C[C@]6(C)CC)[nH]5)cc(c2-4)OC3)[nH]1)C(=O)[C@@H](NC(=O)OC)C(C)C. The van der Waals surface area contributed by atoms with Gasteiger partial charge in [0.15, 0.2) is 0 Å². The fourth-order valence-electron chi connectivity index (χ4n) is 9.77. The first kappa shape index (κ1) is 45.3. The molecule has 16 nitrogen and oxygen atoms in total. The van der Waals surface area contributed by atoms with Crippen LogP contribution >= 0.6 is 0 Å². The van der Waals surface area contributed by atoms with Gasteiger partial charge in [-0.1, -0.05) is 54.5 Å². The maximum absolute atomic E-state index is 14.3. The van der Waals surface area contributed by atoms with Crippen LogP contribution in [0.25, 0.3) is 33.6 Å². The fraction of sp³-hybridized carbons (Fsp3) is 0.510. The summed E-state index contributed by atoms with van der Waals surface area (Å²) in [6, 6.07) is 6.21. The second kappa shape index (κ2) is 17.6. The highest BCUT2D eigenvalue weighted by atomic mass is 16.5. The number of hydrogen-bond acceptors (Lipinski definition) is 10. The van der Waals surface area contributed by atoms with Crippen LogP contribution in [-0.4, -0.2) is 92.1 Å². The summed E-state index contributed by atoms with van der Waals surface area (Å²) in [4.78, 5) is 73.1. The Hall–Kier alpha value is -6.32. The van der Waals surface area contributed by atoms with E-state index in [1.54, 1.807) is 17.3 Å². The summed E-state index contributed by atoms with van der Waals surface area (Å²) in [5, 5.41) is 5.49. The lowest BCUT2D eigenvalue weighted by Gasteiger charge is -2.34. The fourth-order valence-corrected chi connectivity index (χ4v) is 9.77. The van der Waals surface area contributed by atoms with Gasteiger partial charge in [0.1, 0.15) is 48.4 Å². The van der Waals surface area contributed by atoms with Crippen molar-refractivity contribution < 1.29 is 38.1 Å². The molecule has 4 amide bonds. The first-order chi connectivity index (χ1) is 31.0. The summed E-state index contributed by atoms with van der Waals surface area (Å²) in [5.74, 6) is 2.39. The van der Waals surface area contributed by atoms with Crippen molar-refractivity contribution in [3.63, 3.8) is 0 Å². The third-order valence-electron chi connectivity index (χ3n) is 14.2. The Morgan fingerprint density at radius 3 is 1.89 bits per heavy atom. The van der Waals surface area contributed by atoms with Crippen LogP contribution in [0.15, 0.2) is 49.3 Å². The molecule has 65 heavy (non-hydrogen) atoms. The number of carbonyl (C=O) groups excluding carboxylic acids is 4. The van der Waals surface area contributed by atoms with Crippen LogP contribution in [0.5, 0.6) is 11.5 Å². The highest BCUT2D eigenvalue weighted by molar-refractivity contribution is 5.89. The number of amides is 4. The number of H-pyrrole nitrogens is 2. The van der Waals surface area contributed by atoms with E-state index in [0.29, 0.717) is 24.9 Å². The zero-order valence-corrected chi connectivity index (χ0v) is 39.0. The predicted molar refractivity (Wildman–Crippen MR) is 243 cm³/mol. The van der Waals surface area contributed by atoms with E-state index < -0.39 is 30.3 Å². The van der Waals surface area contributed by atoms with E-state index in [1.807, 2.05) is 57.7 Å². The number of ether oxygens (including phenoxy) is 4. The summed E-state index contributed by atoms with van der Waals surface area (Å²) in [6.45, 7) is 20.9. The zero-order valence-electron chi connectivity index (χ0n) is 39.0. The predicted octanol–water partition coefficient (Wildman–Crippen LogP) is 7.91. The summed E-state index contributed by atoms with van der Waals surface area (Å²) in [7, 11) is 2.58. The molecule has 2 aliphatic heterocycles. The molecule has 0 bridgehead atoms. The monoisotopic (exact) mass is 890 g/mol. The Morgan fingerprint density at radius 2 is 1.40 bits per heavy atom. The number of imidazole rings is 2. The Balaban J connectivity index is 1.03. The van der Waals surface area contributed by atoms with Gasteiger partial charge in [-0.3, -0.25) is 9.59 Å². The van der Waals surface area contributed by atoms with Gasteiger partial charge in [-0.25, -0.2) is 19.6 Å². The minimum absolute atomic E-state index is 0.00302. The third-order valence-corrected chi connectivity index (χ3v) is 14.2. The van der Waals surface area contributed by atoms with E-state index in [4.69, 9.17) is 28.9 Å². The van der Waals surface area contributed by atoms with Crippen LogP contribution in [0.3, 0.4) is 0 Å². The average Bonchev–Trinajstić information content (AvgIpc) is 3.89. The molecule has 2 aromatic heterocycles. The maximum atomic E-state index is 14.3. The number of methoxy groups -OCH3 is 2. The molecule has 0 radical (unpaired) electrons. The summed E-state index contributed by atoms with van der Waals surface area (Å²) >= 11 is 0. The van der Waals surface area contributed by atoms with Crippen molar-refractivity contribution in [3.8, 4) is 45.1 Å². The van der Waals surface area contributed by atoms with E-state index in [0.717, 1.165) is 69.1 Å². The zero-order chi connectivity index (χ0) is 46.6. The van der Waals surface area contributed by atoms with Crippen molar-refractivity contribution in [1.29, 1.82) is 0 Å². The second-order valence-electron chi connectivity index (χ2n) is 19.0. The molecule has 2 aliphatic carbocycles. The van der Waals surface area contributed by atoms with Crippen molar-refractivity contribution in [2.24, 2.45) is 29.1 Å².